The van der Waals surface area contributed by atoms with Crippen molar-refractivity contribution in [2.75, 3.05) is 0 Å². The smallest absolute Gasteiger partial charge is 0.143 e. The van der Waals surface area contributed by atoms with Gasteiger partial charge < -0.3 is 13.2 Å². The summed E-state index contributed by atoms with van der Waals surface area (Å²) in [6, 6.07) is 52.9. The van der Waals surface area contributed by atoms with E-state index in [1.807, 2.05) is 6.07 Å². The van der Waals surface area contributed by atoms with Crippen molar-refractivity contribution in [1.82, 2.24) is 8.80 Å². The molecular weight excluding hydrogens is 548 g/mol. The number of hydrogen-bond acceptors (Lipinski definition) is 1. The maximum absolute atomic E-state index is 6.52. The third-order valence-electron chi connectivity index (χ3n) is 9.85. The van der Waals surface area contributed by atoms with Crippen LogP contribution in [-0.2, 0) is 0 Å². The lowest BCUT2D eigenvalue weighted by atomic mass is 10.0. The van der Waals surface area contributed by atoms with Crippen molar-refractivity contribution >= 4 is 87.4 Å². The zero-order valence-electron chi connectivity index (χ0n) is 24.2. The van der Waals surface area contributed by atoms with E-state index in [2.05, 4.69) is 148 Å². The van der Waals surface area contributed by atoms with Crippen LogP contribution in [0, 0.1) is 0 Å². The van der Waals surface area contributed by atoms with Crippen LogP contribution in [0.3, 0.4) is 0 Å². The van der Waals surface area contributed by atoms with Gasteiger partial charge in [0.05, 0.1) is 33.1 Å². The number of rotatable bonds is 1. The van der Waals surface area contributed by atoms with Gasteiger partial charge in [-0.05, 0) is 35.9 Å². The highest BCUT2D eigenvalue weighted by Crippen LogP contribution is 2.42. The molecule has 45 heavy (non-hydrogen) atoms. The molecule has 4 heterocycles. The molecule has 0 atom stereocenters. The second kappa shape index (κ2) is 8.31. The molecule has 0 spiro atoms. The first kappa shape index (κ1) is 23.4. The fourth-order valence-electron chi connectivity index (χ4n) is 8.01. The van der Waals surface area contributed by atoms with E-state index in [-0.39, 0.29) is 0 Å². The average Bonchev–Trinajstić information content (AvgIpc) is 3.75. The van der Waals surface area contributed by atoms with E-state index in [1.54, 1.807) is 0 Å². The van der Waals surface area contributed by atoms with E-state index in [0.717, 1.165) is 44.1 Å². The summed E-state index contributed by atoms with van der Waals surface area (Å²) in [5.74, 6) is 0. The van der Waals surface area contributed by atoms with Crippen molar-refractivity contribution in [2.45, 2.75) is 0 Å². The number of para-hydroxylation sites is 6. The van der Waals surface area contributed by atoms with Crippen LogP contribution in [0.25, 0.3) is 98.5 Å². The minimum absolute atomic E-state index is 0.913. The number of fused-ring (bicyclic) bond motifs is 13. The molecule has 0 unspecified atom stereocenters. The van der Waals surface area contributed by atoms with Gasteiger partial charge in [-0.3, -0.25) is 0 Å². The Bertz CT molecular complexity index is 3040. The van der Waals surface area contributed by atoms with Gasteiger partial charge in [0.1, 0.15) is 11.2 Å². The summed E-state index contributed by atoms with van der Waals surface area (Å²) in [7, 11) is 0. The van der Waals surface area contributed by atoms with Gasteiger partial charge in [-0.25, -0.2) is 0 Å². The quantitative estimate of drug-likeness (QED) is 0.192. The first-order valence-electron chi connectivity index (χ1n) is 15.5. The SMILES string of the molecule is c1ccc2c(c1)oc1c(-c3ccc4c(c3)n3c5ccccc5c5cccc(c6cccc7c8ccccc8n4c76)c53)cccc12. The number of benzene rings is 7. The van der Waals surface area contributed by atoms with Crippen LogP contribution in [0.5, 0.6) is 0 Å². The van der Waals surface area contributed by atoms with Crippen LogP contribution in [0.4, 0.5) is 0 Å². The number of aromatic nitrogens is 2. The highest BCUT2D eigenvalue weighted by molar-refractivity contribution is 6.25. The highest BCUT2D eigenvalue weighted by atomic mass is 16.3. The van der Waals surface area contributed by atoms with Crippen molar-refractivity contribution in [2.24, 2.45) is 0 Å². The molecule has 11 aromatic rings. The molecule has 0 bridgehead atoms. The standard InChI is InChI=1S/C42H24N2O/c1-4-19-35-27(10-1)30-14-8-16-32-33-17-9-15-31-28-11-2-5-20-36(28)44(41(31)33)38-24-25(22-23-37(38)43(35)40(30)32)26-13-7-18-34-29-12-3-6-21-39(29)45-42(26)34/h1-24H. The zero-order chi connectivity index (χ0) is 29.2. The second-order valence-electron chi connectivity index (χ2n) is 12.1. The van der Waals surface area contributed by atoms with Crippen LogP contribution in [0.1, 0.15) is 0 Å². The van der Waals surface area contributed by atoms with E-state index in [4.69, 9.17) is 4.42 Å². The molecule has 0 aliphatic carbocycles. The third-order valence-corrected chi connectivity index (χ3v) is 9.85. The molecular formula is C42H24N2O. The summed E-state index contributed by atoms with van der Waals surface area (Å²) in [4.78, 5) is 0. The Morgan fingerprint density at radius 1 is 0.356 bits per heavy atom. The van der Waals surface area contributed by atoms with Crippen molar-refractivity contribution in [3.63, 3.8) is 0 Å². The molecule has 0 radical (unpaired) electrons. The summed E-state index contributed by atoms with van der Waals surface area (Å²) < 4.78 is 11.5. The van der Waals surface area contributed by atoms with E-state index in [9.17, 15) is 0 Å². The van der Waals surface area contributed by atoms with Gasteiger partial charge in [-0.2, -0.15) is 0 Å². The molecule has 0 saturated heterocycles. The topological polar surface area (TPSA) is 22.0 Å². The third kappa shape index (κ3) is 2.90. The fourth-order valence-corrected chi connectivity index (χ4v) is 8.01. The molecule has 0 amide bonds. The fraction of sp³-hybridized carbons (Fsp3) is 0. The molecule has 0 aliphatic rings. The van der Waals surface area contributed by atoms with Gasteiger partial charge >= 0.3 is 0 Å². The maximum atomic E-state index is 6.52. The number of furan rings is 1. The summed E-state index contributed by atoms with van der Waals surface area (Å²) in [5.41, 5.74) is 11.3. The molecule has 11 rings (SSSR count). The molecule has 0 N–H and O–H groups in total. The average molecular weight is 573 g/mol. The first-order chi connectivity index (χ1) is 22.3. The molecule has 0 fully saturated rings. The van der Waals surface area contributed by atoms with Gasteiger partial charge in [0.15, 0.2) is 0 Å². The number of nitrogens with zero attached hydrogens (tertiary/aromatic N) is 2. The molecule has 7 aromatic carbocycles. The Morgan fingerprint density at radius 3 is 1.56 bits per heavy atom. The molecule has 4 aromatic heterocycles. The molecule has 0 saturated carbocycles. The normalized spacial score (nSPS) is 12.4. The van der Waals surface area contributed by atoms with Crippen LogP contribution in [0.2, 0.25) is 0 Å². The lowest BCUT2D eigenvalue weighted by Gasteiger charge is -2.12. The molecule has 0 aliphatic heterocycles. The van der Waals surface area contributed by atoms with Gasteiger partial charge in [-0.15, -0.1) is 0 Å². The van der Waals surface area contributed by atoms with Crippen molar-refractivity contribution in [1.29, 1.82) is 0 Å². The van der Waals surface area contributed by atoms with Gasteiger partial charge in [0.25, 0.3) is 0 Å². The van der Waals surface area contributed by atoms with Crippen molar-refractivity contribution < 1.29 is 4.42 Å². The van der Waals surface area contributed by atoms with E-state index < -0.39 is 0 Å². The van der Waals surface area contributed by atoms with Gasteiger partial charge in [-0.1, -0.05) is 115 Å². The first-order valence-corrected chi connectivity index (χ1v) is 15.5. The lowest BCUT2D eigenvalue weighted by molar-refractivity contribution is 0.670. The predicted molar refractivity (Wildman–Crippen MR) is 189 cm³/mol. The molecule has 3 heteroatoms. The van der Waals surface area contributed by atoms with E-state index in [1.165, 1.54) is 54.4 Å². The maximum Gasteiger partial charge on any atom is 0.143 e. The van der Waals surface area contributed by atoms with Gasteiger partial charge in [0, 0.05) is 48.7 Å². The van der Waals surface area contributed by atoms with E-state index >= 15 is 0 Å². The predicted octanol–water partition coefficient (Wildman–Crippen LogP) is 11.5. The Balaban J connectivity index is 1.43. The Morgan fingerprint density at radius 2 is 0.867 bits per heavy atom. The Kier molecular flexibility index (Phi) is 4.32. The highest BCUT2D eigenvalue weighted by Gasteiger charge is 2.20. The number of hydrogen-bond donors (Lipinski definition) is 0. The summed E-state index contributed by atoms with van der Waals surface area (Å²) >= 11 is 0. The zero-order valence-corrected chi connectivity index (χ0v) is 24.2. The monoisotopic (exact) mass is 572 g/mol. The molecule has 208 valence electrons. The Hall–Kier alpha value is -6.06. The minimum Gasteiger partial charge on any atom is -0.455 e. The summed E-state index contributed by atoms with van der Waals surface area (Å²) in [6.45, 7) is 0. The minimum atomic E-state index is 0.913. The summed E-state index contributed by atoms with van der Waals surface area (Å²) in [6.07, 6.45) is 0. The summed E-state index contributed by atoms with van der Waals surface area (Å²) in [5, 5.41) is 9.83. The lowest BCUT2D eigenvalue weighted by Crippen LogP contribution is -1.95. The van der Waals surface area contributed by atoms with Gasteiger partial charge in [0.2, 0.25) is 0 Å². The molecule has 3 nitrogen and oxygen atoms in total. The Labute approximate surface area is 256 Å². The second-order valence-corrected chi connectivity index (χ2v) is 12.1. The van der Waals surface area contributed by atoms with Crippen LogP contribution in [0.15, 0.2) is 150 Å². The van der Waals surface area contributed by atoms with Crippen molar-refractivity contribution in [3.8, 4) is 11.1 Å². The van der Waals surface area contributed by atoms with E-state index in [0.29, 0.717) is 0 Å². The largest absolute Gasteiger partial charge is 0.455 e. The van der Waals surface area contributed by atoms with Crippen LogP contribution >= 0.6 is 0 Å². The van der Waals surface area contributed by atoms with Crippen LogP contribution < -0.4 is 0 Å². The van der Waals surface area contributed by atoms with Crippen molar-refractivity contribution in [3.05, 3.63) is 146 Å². The van der Waals surface area contributed by atoms with Crippen LogP contribution in [-0.4, -0.2) is 8.80 Å².